The Morgan fingerprint density at radius 1 is 1.09 bits per heavy atom. The number of aliphatic hydroxyl groups excluding tert-OH is 1. The normalized spacial score (nSPS) is 16.9. The summed E-state index contributed by atoms with van der Waals surface area (Å²) in [5, 5.41) is 12.9. The van der Waals surface area contributed by atoms with Gasteiger partial charge in [-0.1, -0.05) is 54.6 Å². The molecule has 0 saturated heterocycles. The van der Waals surface area contributed by atoms with Gasteiger partial charge in [0.25, 0.3) is 5.56 Å². The Kier molecular flexibility index (Phi) is 5.46. The third-order valence-electron chi connectivity index (χ3n) is 7.37. The highest BCUT2D eigenvalue weighted by molar-refractivity contribution is 6.00. The number of anilines is 1. The number of nitrogens with zero attached hydrogens (tertiary/aromatic N) is 2. The minimum atomic E-state index is -0.236. The standard InChI is InChI=1S/C28H30N4O3/c29-28(13-4-14-28)21-11-9-20(10-12-21)24-22(19-5-2-1-3-6-19)23-25(35-24)31-27(30-15-16-33)32(26(23)34)17-18-7-8-18/h1-3,5-6,9-12,18,33H,4,7-8,13-17,29H2,(H,30,31). The van der Waals surface area contributed by atoms with Crippen LogP contribution >= 0.6 is 0 Å². The summed E-state index contributed by atoms with van der Waals surface area (Å²) in [7, 11) is 0. The molecule has 2 heterocycles. The molecule has 0 atom stereocenters. The topological polar surface area (TPSA) is 106 Å². The molecule has 4 aromatic rings. The molecule has 0 bridgehead atoms. The summed E-state index contributed by atoms with van der Waals surface area (Å²) < 4.78 is 8.03. The van der Waals surface area contributed by atoms with Crippen LogP contribution in [0.1, 0.15) is 37.7 Å². The highest BCUT2D eigenvalue weighted by atomic mass is 16.3. The van der Waals surface area contributed by atoms with E-state index in [9.17, 15) is 9.90 Å². The molecule has 0 amide bonds. The van der Waals surface area contributed by atoms with E-state index in [1.807, 2.05) is 42.5 Å². The van der Waals surface area contributed by atoms with Crippen LogP contribution in [-0.4, -0.2) is 27.8 Å². The molecule has 2 aromatic heterocycles. The molecule has 0 aliphatic heterocycles. The van der Waals surface area contributed by atoms with Gasteiger partial charge in [0.15, 0.2) is 0 Å². The van der Waals surface area contributed by atoms with E-state index >= 15 is 0 Å². The van der Waals surface area contributed by atoms with Crippen molar-refractivity contribution in [2.75, 3.05) is 18.5 Å². The molecular formula is C28H30N4O3. The van der Waals surface area contributed by atoms with Crippen LogP contribution in [0.5, 0.6) is 0 Å². The lowest BCUT2D eigenvalue weighted by atomic mass is 9.72. The van der Waals surface area contributed by atoms with E-state index in [0.717, 1.165) is 54.4 Å². The van der Waals surface area contributed by atoms with Gasteiger partial charge in [0.2, 0.25) is 11.7 Å². The largest absolute Gasteiger partial charge is 0.437 e. The molecule has 0 radical (unpaired) electrons. The number of nitrogens with two attached hydrogens (primary N) is 1. The molecule has 6 rings (SSSR count). The summed E-state index contributed by atoms with van der Waals surface area (Å²) in [5.41, 5.74) is 10.2. The van der Waals surface area contributed by atoms with Crippen molar-refractivity contribution >= 4 is 17.0 Å². The van der Waals surface area contributed by atoms with E-state index in [2.05, 4.69) is 17.4 Å². The van der Waals surface area contributed by atoms with Crippen LogP contribution < -0.4 is 16.6 Å². The van der Waals surface area contributed by atoms with Gasteiger partial charge < -0.3 is 20.6 Å². The molecule has 4 N–H and O–H groups in total. The molecule has 2 aliphatic carbocycles. The van der Waals surface area contributed by atoms with E-state index < -0.39 is 0 Å². The maximum atomic E-state index is 13.9. The zero-order valence-corrected chi connectivity index (χ0v) is 19.7. The minimum absolute atomic E-state index is 0.0506. The monoisotopic (exact) mass is 470 g/mol. The van der Waals surface area contributed by atoms with Gasteiger partial charge in [-0.25, -0.2) is 0 Å². The maximum absolute atomic E-state index is 13.9. The average molecular weight is 471 g/mol. The Hall–Kier alpha value is -3.42. The first-order chi connectivity index (χ1) is 17.1. The second kappa shape index (κ2) is 8.66. The van der Waals surface area contributed by atoms with Crippen LogP contribution in [0.2, 0.25) is 0 Å². The molecule has 7 nitrogen and oxygen atoms in total. The number of aromatic nitrogens is 2. The van der Waals surface area contributed by atoms with Gasteiger partial charge in [0.05, 0.1) is 6.61 Å². The van der Waals surface area contributed by atoms with Gasteiger partial charge in [-0.15, -0.1) is 0 Å². The number of benzene rings is 2. The van der Waals surface area contributed by atoms with Crippen molar-refractivity contribution in [3.05, 3.63) is 70.5 Å². The van der Waals surface area contributed by atoms with Gasteiger partial charge in [-0.05, 0) is 49.1 Å². The van der Waals surface area contributed by atoms with Crippen LogP contribution in [0.3, 0.4) is 0 Å². The quantitative estimate of drug-likeness (QED) is 0.351. The molecule has 2 saturated carbocycles. The zero-order valence-electron chi connectivity index (χ0n) is 19.7. The van der Waals surface area contributed by atoms with Gasteiger partial charge in [0.1, 0.15) is 11.1 Å². The molecule has 180 valence electrons. The summed E-state index contributed by atoms with van der Waals surface area (Å²) in [4.78, 5) is 18.6. The Morgan fingerprint density at radius 2 is 1.83 bits per heavy atom. The van der Waals surface area contributed by atoms with Crippen LogP contribution in [0.25, 0.3) is 33.6 Å². The molecule has 2 fully saturated rings. The number of rotatable bonds is 8. The van der Waals surface area contributed by atoms with Crippen molar-refractivity contribution in [2.45, 2.75) is 44.2 Å². The van der Waals surface area contributed by atoms with E-state index in [0.29, 0.717) is 41.8 Å². The predicted molar refractivity (Wildman–Crippen MR) is 137 cm³/mol. The molecule has 0 unspecified atom stereocenters. The second-order valence-corrected chi connectivity index (χ2v) is 9.88. The van der Waals surface area contributed by atoms with Crippen molar-refractivity contribution < 1.29 is 9.52 Å². The molecule has 2 aliphatic rings. The number of hydrogen-bond acceptors (Lipinski definition) is 6. The molecule has 2 aromatic carbocycles. The second-order valence-electron chi connectivity index (χ2n) is 9.88. The number of fused-ring (bicyclic) bond motifs is 1. The third kappa shape index (κ3) is 3.94. The zero-order chi connectivity index (χ0) is 24.0. The van der Waals surface area contributed by atoms with E-state index in [1.165, 1.54) is 0 Å². The molecule has 35 heavy (non-hydrogen) atoms. The first-order valence-electron chi connectivity index (χ1n) is 12.4. The number of nitrogens with one attached hydrogen (secondary N) is 1. The van der Waals surface area contributed by atoms with Gasteiger partial charge in [-0.3, -0.25) is 9.36 Å². The maximum Gasteiger partial charge on any atom is 0.266 e. The fourth-order valence-corrected chi connectivity index (χ4v) is 5.00. The number of hydrogen-bond donors (Lipinski definition) is 3. The Labute approximate surface area is 203 Å². The first kappa shape index (κ1) is 22.1. The SMILES string of the molecule is NC1(c2ccc(-c3oc4nc(NCCO)n(CC5CC5)c(=O)c4c3-c3ccccc3)cc2)CCC1. The van der Waals surface area contributed by atoms with Crippen molar-refractivity contribution in [3.8, 4) is 22.5 Å². The van der Waals surface area contributed by atoms with E-state index in [-0.39, 0.29) is 17.7 Å². The van der Waals surface area contributed by atoms with Crippen molar-refractivity contribution in [1.82, 2.24) is 9.55 Å². The summed E-state index contributed by atoms with van der Waals surface area (Å²) in [6.45, 7) is 0.868. The van der Waals surface area contributed by atoms with Crippen LogP contribution in [0, 0.1) is 5.92 Å². The van der Waals surface area contributed by atoms with Crippen LogP contribution in [0.15, 0.2) is 63.8 Å². The van der Waals surface area contributed by atoms with Gasteiger partial charge in [0, 0.05) is 29.8 Å². The van der Waals surface area contributed by atoms with Crippen molar-refractivity contribution in [3.63, 3.8) is 0 Å². The predicted octanol–water partition coefficient (Wildman–Crippen LogP) is 4.48. The summed E-state index contributed by atoms with van der Waals surface area (Å²) >= 11 is 0. The fourth-order valence-electron chi connectivity index (χ4n) is 5.00. The van der Waals surface area contributed by atoms with Crippen molar-refractivity contribution in [2.24, 2.45) is 11.7 Å². The van der Waals surface area contributed by atoms with E-state index in [4.69, 9.17) is 15.1 Å². The first-order valence-corrected chi connectivity index (χ1v) is 12.4. The van der Waals surface area contributed by atoms with Gasteiger partial charge in [-0.2, -0.15) is 4.98 Å². The summed E-state index contributed by atoms with van der Waals surface area (Å²) in [5.74, 6) is 1.55. The van der Waals surface area contributed by atoms with Crippen molar-refractivity contribution in [1.29, 1.82) is 0 Å². The Bertz CT molecular complexity index is 1410. The average Bonchev–Trinajstić information content (AvgIpc) is 3.61. The van der Waals surface area contributed by atoms with E-state index in [1.54, 1.807) is 4.57 Å². The summed E-state index contributed by atoms with van der Waals surface area (Å²) in [6, 6.07) is 18.1. The highest BCUT2D eigenvalue weighted by Crippen LogP contribution is 2.42. The Morgan fingerprint density at radius 3 is 2.46 bits per heavy atom. The Balaban J connectivity index is 1.55. The minimum Gasteiger partial charge on any atom is -0.437 e. The highest BCUT2D eigenvalue weighted by Gasteiger charge is 2.34. The molecule has 0 spiro atoms. The molecule has 7 heteroatoms. The lowest BCUT2D eigenvalue weighted by Crippen LogP contribution is -2.43. The fraction of sp³-hybridized carbons (Fsp3) is 0.357. The lowest BCUT2D eigenvalue weighted by molar-refractivity contribution is 0.253. The van der Waals surface area contributed by atoms with Crippen LogP contribution in [-0.2, 0) is 12.1 Å². The summed E-state index contributed by atoms with van der Waals surface area (Å²) in [6.07, 6.45) is 5.38. The smallest absolute Gasteiger partial charge is 0.266 e. The lowest BCUT2D eigenvalue weighted by Gasteiger charge is -2.38. The van der Waals surface area contributed by atoms with Crippen LogP contribution in [0.4, 0.5) is 5.95 Å². The third-order valence-corrected chi connectivity index (χ3v) is 7.37. The molecular weight excluding hydrogens is 440 g/mol. The van der Waals surface area contributed by atoms with Gasteiger partial charge >= 0.3 is 0 Å². The number of aliphatic hydroxyl groups is 1. The number of furan rings is 1.